The van der Waals surface area contributed by atoms with E-state index in [1.165, 1.54) is 18.4 Å². The third-order valence-electron chi connectivity index (χ3n) is 4.26. The number of aliphatic imine (C=N–C) groups is 1. The Morgan fingerprint density at radius 2 is 2.24 bits per heavy atom. The molecule has 1 aromatic heterocycles. The molecular weight excluding hydrogens is 314 g/mol. The number of guanidine groups is 1. The summed E-state index contributed by atoms with van der Waals surface area (Å²) in [5, 5.41) is 10.9. The zero-order valence-electron chi connectivity index (χ0n) is 15.0. The average molecular weight is 341 g/mol. The Balaban J connectivity index is 1.50. The van der Waals surface area contributed by atoms with Gasteiger partial charge in [-0.15, -0.1) is 0 Å². The van der Waals surface area contributed by atoms with Crippen molar-refractivity contribution in [2.75, 3.05) is 20.2 Å². The first-order chi connectivity index (χ1) is 12.2. The molecule has 1 heterocycles. The van der Waals surface area contributed by atoms with Crippen LogP contribution in [-0.2, 0) is 13.1 Å². The van der Waals surface area contributed by atoms with Crippen molar-refractivity contribution in [2.45, 2.75) is 32.9 Å². The SMILES string of the molecule is CN=C(NCCn1cccn1)NCc1ccc(C)cc1OCC1CC1. The molecule has 0 aliphatic heterocycles. The number of rotatable bonds is 8. The highest BCUT2D eigenvalue weighted by Crippen LogP contribution is 2.30. The summed E-state index contributed by atoms with van der Waals surface area (Å²) in [7, 11) is 1.78. The van der Waals surface area contributed by atoms with Crippen LogP contribution < -0.4 is 15.4 Å². The van der Waals surface area contributed by atoms with Crippen LogP contribution >= 0.6 is 0 Å². The molecule has 0 spiro atoms. The number of benzene rings is 1. The predicted molar refractivity (Wildman–Crippen MR) is 99.8 cm³/mol. The number of ether oxygens (including phenoxy) is 1. The second kappa shape index (κ2) is 8.55. The first kappa shape index (κ1) is 17.3. The highest BCUT2D eigenvalue weighted by atomic mass is 16.5. The molecular formula is C19H27N5O. The molecule has 134 valence electrons. The van der Waals surface area contributed by atoms with E-state index in [0.717, 1.165) is 42.9 Å². The first-order valence-electron chi connectivity index (χ1n) is 8.89. The summed E-state index contributed by atoms with van der Waals surface area (Å²) in [5.41, 5.74) is 2.37. The van der Waals surface area contributed by atoms with Gasteiger partial charge in [0.2, 0.25) is 0 Å². The van der Waals surface area contributed by atoms with Gasteiger partial charge in [-0.3, -0.25) is 9.67 Å². The fourth-order valence-corrected chi connectivity index (χ4v) is 2.56. The summed E-state index contributed by atoms with van der Waals surface area (Å²) in [5.74, 6) is 2.50. The monoisotopic (exact) mass is 341 g/mol. The zero-order chi connectivity index (χ0) is 17.5. The molecule has 1 fully saturated rings. The number of hydrogen-bond acceptors (Lipinski definition) is 3. The van der Waals surface area contributed by atoms with Crippen molar-refractivity contribution in [3.05, 3.63) is 47.8 Å². The van der Waals surface area contributed by atoms with E-state index >= 15 is 0 Å². The molecule has 2 aromatic rings. The molecule has 1 saturated carbocycles. The van der Waals surface area contributed by atoms with E-state index < -0.39 is 0 Å². The minimum atomic E-state index is 0.682. The van der Waals surface area contributed by atoms with Gasteiger partial charge in [0.25, 0.3) is 0 Å². The van der Waals surface area contributed by atoms with Gasteiger partial charge in [0.15, 0.2) is 5.96 Å². The van der Waals surface area contributed by atoms with E-state index in [9.17, 15) is 0 Å². The molecule has 0 bridgehead atoms. The maximum atomic E-state index is 6.03. The molecule has 25 heavy (non-hydrogen) atoms. The Bertz CT molecular complexity index is 692. The summed E-state index contributed by atoms with van der Waals surface area (Å²) in [4.78, 5) is 4.28. The van der Waals surface area contributed by atoms with Gasteiger partial charge >= 0.3 is 0 Å². The summed E-state index contributed by atoms with van der Waals surface area (Å²) >= 11 is 0. The number of nitrogens with zero attached hydrogens (tertiary/aromatic N) is 3. The maximum Gasteiger partial charge on any atom is 0.191 e. The summed E-state index contributed by atoms with van der Waals surface area (Å²) in [6.45, 7) is 5.17. The van der Waals surface area contributed by atoms with Crippen LogP contribution in [0.2, 0.25) is 0 Å². The van der Waals surface area contributed by atoms with Crippen molar-refractivity contribution in [3.8, 4) is 5.75 Å². The molecule has 6 heteroatoms. The van der Waals surface area contributed by atoms with Gasteiger partial charge in [-0.05, 0) is 43.4 Å². The molecule has 2 N–H and O–H groups in total. The van der Waals surface area contributed by atoms with Crippen molar-refractivity contribution in [3.63, 3.8) is 0 Å². The normalized spacial score (nSPS) is 14.4. The number of hydrogen-bond donors (Lipinski definition) is 2. The van der Waals surface area contributed by atoms with Crippen LogP contribution in [0, 0.1) is 12.8 Å². The molecule has 6 nitrogen and oxygen atoms in total. The van der Waals surface area contributed by atoms with Crippen molar-refractivity contribution in [1.82, 2.24) is 20.4 Å². The van der Waals surface area contributed by atoms with Crippen LogP contribution in [0.3, 0.4) is 0 Å². The van der Waals surface area contributed by atoms with Crippen LogP contribution in [0.5, 0.6) is 5.75 Å². The molecule has 0 amide bonds. The fraction of sp³-hybridized carbons (Fsp3) is 0.474. The van der Waals surface area contributed by atoms with Gasteiger partial charge in [0.1, 0.15) is 5.75 Å². The third-order valence-corrected chi connectivity index (χ3v) is 4.26. The molecule has 0 unspecified atom stereocenters. The van der Waals surface area contributed by atoms with Gasteiger partial charge in [-0.1, -0.05) is 12.1 Å². The van der Waals surface area contributed by atoms with Crippen molar-refractivity contribution in [1.29, 1.82) is 0 Å². The van der Waals surface area contributed by atoms with Crippen LogP contribution in [-0.4, -0.2) is 35.9 Å². The second-order valence-corrected chi connectivity index (χ2v) is 6.49. The van der Waals surface area contributed by atoms with Gasteiger partial charge in [0, 0.05) is 38.1 Å². The maximum absolute atomic E-state index is 6.03. The molecule has 1 aliphatic rings. The molecule has 3 rings (SSSR count). The predicted octanol–water partition coefficient (Wildman–Crippen LogP) is 2.35. The highest BCUT2D eigenvalue weighted by Gasteiger charge is 2.22. The molecule has 1 aromatic carbocycles. The highest BCUT2D eigenvalue weighted by molar-refractivity contribution is 5.79. The molecule has 0 saturated heterocycles. The van der Waals surface area contributed by atoms with Crippen LogP contribution in [0.1, 0.15) is 24.0 Å². The topological polar surface area (TPSA) is 63.5 Å². The lowest BCUT2D eigenvalue weighted by Gasteiger charge is -2.15. The molecule has 0 radical (unpaired) electrons. The largest absolute Gasteiger partial charge is 0.493 e. The van der Waals surface area contributed by atoms with Crippen LogP contribution in [0.25, 0.3) is 0 Å². The summed E-state index contributed by atoms with van der Waals surface area (Å²) in [6.07, 6.45) is 6.33. The second-order valence-electron chi connectivity index (χ2n) is 6.49. The quantitative estimate of drug-likeness (QED) is 0.571. The van der Waals surface area contributed by atoms with E-state index in [-0.39, 0.29) is 0 Å². The van der Waals surface area contributed by atoms with E-state index in [1.54, 1.807) is 13.2 Å². The number of aromatic nitrogens is 2. The lowest BCUT2D eigenvalue weighted by molar-refractivity contribution is 0.296. The standard InChI is InChI=1S/C19H27N5O/c1-15-4-7-17(18(12-15)25-14-16-5-6-16)13-22-19(20-2)21-9-11-24-10-3-8-23-24/h3-4,7-8,10,12,16H,5-6,9,11,13-14H2,1-2H3,(H2,20,21,22). The Hall–Kier alpha value is -2.50. The van der Waals surface area contributed by atoms with Crippen LogP contribution in [0.4, 0.5) is 0 Å². The van der Waals surface area contributed by atoms with E-state index in [2.05, 4.69) is 45.8 Å². The van der Waals surface area contributed by atoms with Gasteiger partial charge < -0.3 is 15.4 Å². The Morgan fingerprint density at radius 3 is 2.96 bits per heavy atom. The van der Waals surface area contributed by atoms with Crippen molar-refractivity contribution >= 4 is 5.96 Å². The number of aryl methyl sites for hydroxylation is 1. The summed E-state index contributed by atoms with van der Waals surface area (Å²) < 4.78 is 7.92. The minimum Gasteiger partial charge on any atom is -0.493 e. The average Bonchev–Trinajstić information content (AvgIpc) is 3.31. The van der Waals surface area contributed by atoms with Gasteiger partial charge in [-0.2, -0.15) is 5.10 Å². The minimum absolute atomic E-state index is 0.682. The van der Waals surface area contributed by atoms with E-state index in [0.29, 0.717) is 6.54 Å². The lowest BCUT2D eigenvalue weighted by atomic mass is 10.1. The number of nitrogens with one attached hydrogen (secondary N) is 2. The first-order valence-corrected chi connectivity index (χ1v) is 8.89. The van der Waals surface area contributed by atoms with Crippen molar-refractivity contribution in [2.24, 2.45) is 10.9 Å². The summed E-state index contributed by atoms with van der Waals surface area (Å²) in [6, 6.07) is 8.29. The Morgan fingerprint density at radius 1 is 1.36 bits per heavy atom. The molecule has 1 aliphatic carbocycles. The fourth-order valence-electron chi connectivity index (χ4n) is 2.56. The van der Waals surface area contributed by atoms with Crippen molar-refractivity contribution < 1.29 is 4.74 Å². The smallest absolute Gasteiger partial charge is 0.191 e. The zero-order valence-corrected chi connectivity index (χ0v) is 15.0. The Labute approximate surface area is 149 Å². The molecule has 0 atom stereocenters. The third kappa shape index (κ3) is 5.52. The van der Waals surface area contributed by atoms with Gasteiger partial charge in [-0.25, -0.2) is 0 Å². The van der Waals surface area contributed by atoms with Crippen LogP contribution in [0.15, 0.2) is 41.7 Å². The van der Waals surface area contributed by atoms with Gasteiger partial charge in [0.05, 0.1) is 13.2 Å². The van der Waals surface area contributed by atoms with E-state index in [1.807, 2.05) is 16.9 Å². The lowest BCUT2D eigenvalue weighted by Crippen LogP contribution is -2.38. The Kier molecular flexibility index (Phi) is 5.93. The van der Waals surface area contributed by atoms with E-state index in [4.69, 9.17) is 4.74 Å².